The molecule has 0 spiro atoms. The highest BCUT2D eigenvalue weighted by atomic mass is 16.6. The van der Waals surface area contributed by atoms with E-state index < -0.39 is 0 Å². The number of rotatable bonds is 6. The van der Waals surface area contributed by atoms with Gasteiger partial charge in [0.05, 0.1) is 16.7 Å². The lowest BCUT2D eigenvalue weighted by Crippen LogP contribution is -2.41. The fraction of sp³-hybridized carbons (Fsp3) is 0.318. The third-order valence-corrected chi connectivity index (χ3v) is 5.72. The van der Waals surface area contributed by atoms with Gasteiger partial charge < -0.3 is 10.2 Å². The quantitative estimate of drug-likeness (QED) is 0.485. The van der Waals surface area contributed by atoms with Crippen LogP contribution in [0.25, 0.3) is 5.69 Å². The predicted molar refractivity (Wildman–Crippen MR) is 116 cm³/mol. The van der Waals surface area contributed by atoms with Crippen molar-refractivity contribution in [3.8, 4) is 5.69 Å². The van der Waals surface area contributed by atoms with E-state index in [1.54, 1.807) is 29.2 Å². The minimum atomic E-state index is -0.357. The summed E-state index contributed by atoms with van der Waals surface area (Å²) in [6.45, 7) is 3.19. The number of nitro benzene ring substituents is 1. The number of anilines is 1. The molecule has 1 atom stereocenters. The Hall–Kier alpha value is -3.75. The highest BCUT2D eigenvalue weighted by molar-refractivity contribution is 5.79. The number of nitrogens with one attached hydrogen (secondary N) is 1. The third-order valence-electron chi connectivity index (χ3n) is 5.72. The summed E-state index contributed by atoms with van der Waals surface area (Å²) in [4.78, 5) is 29.7. The first kappa shape index (κ1) is 20.5. The van der Waals surface area contributed by atoms with E-state index in [0.717, 1.165) is 11.3 Å². The minimum Gasteiger partial charge on any atom is -0.366 e. The van der Waals surface area contributed by atoms with Crippen LogP contribution >= 0.6 is 0 Å². The van der Waals surface area contributed by atoms with Gasteiger partial charge in [0.1, 0.15) is 18.3 Å². The first-order chi connectivity index (χ1) is 15.0. The average molecular weight is 420 g/mol. The molecule has 0 saturated carbocycles. The molecule has 9 heteroatoms. The highest BCUT2D eigenvalue weighted by Crippen LogP contribution is 2.31. The van der Waals surface area contributed by atoms with Gasteiger partial charge in [-0.3, -0.25) is 14.9 Å². The van der Waals surface area contributed by atoms with Gasteiger partial charge in [-0.05, 0) is 43.5 Å². The van der Waals surface area contributed by atoms with Crippen LogP contribution in [0.3, 0.4) is 0 Å². The van der Waals surface area contributed by atoms with Gasteiger partial charge in [-0.15, -0.1) is 0 Å². The number of carbonyl (C=O) groups excluding carboxylic acids is 1. The summed E-state index contributed by atoms with van der Waals surface area (Å²) in [5, 5.41) is 18.5. The molecule has 9 nitrogen and oxygen atoms in total. The SMILES string of the molecule is CC(NC(=O)C1CCN(c2ccccc2[N+](=O)[O-])CC1)c1ccc(-n2cncn2)cc1. The molecule has 1 saturated heterocycles. The van der Waals surface area contributed by atoms with E-state index in [-0.39, 0.29) is 28.5 Å². The molecule has 1 N–H and O–H groups in total. The molecule has 31 heavy (non-hydrogen) atoms. The van der Waals surface area contributed by atoms with Gasteiger partial charge in [-0.2, -0.15) is 5.10 Å². The maximum atomic E-state index is 12.8. The van der Waals surface area contributed by atoms with E-state index in [2.05, 4.69) is 15.4 Å². The zero-order valence-corrected chi connectivity index (χ0v) is 17.2. The zero-order chi connectivity index (χ0) is 21.8. The summed E-state index contributed by atoms with van der Waals surface area (Å²) in [7, 11) is 0. The molecule has 1 fully saturated rings. The number of hydrogen-bond acceptors (Lipinski definition) is 6. The lowest BCUT2D eigenvalue weighted by Gasteiger charge is -2.33. The molecule has 1 unspecified atom stereocenters. The topological polar surface area (TPSA) is 106 Å². The van der Waals surface area contributed by atoms with Crippen molar-refractivity contribution in [2.45, 2.75) is 25.8 Å². The van der Waals surface area contributed by atoms with Gasteiger partial charge in [-0.25, -0.2) is 9.67 Å². The molecule has 1 amide bonds. The number of benzene rings is 2. The molecule has 1 aromatic heterocycles. The van der Waals surface area contributed by atoms with Crippen molar-refractivity contribution in [2.24, 2.45) is 5.92 Å². The maximum Gasteiger partial charge on any atom is 0.292 e. The van der Waals surface area contributed by atoms with Crippen molar-refractivity contribution in [2.75, 3.05) is 18.0 Å². The largest absolute Gasteiger partial charge is 0.366 e. The van der Waals surface area contributed by atoms with Crippen LogP contribution in [0, 0.1) is 16.0 Å². The van der Waals surface area contributed by atoms with E-state index in [0.29, 0.717) is 31.6 Å². The molecule has 0 radical (unpaired) electrons. The van der Waals surface area contributed by atoms with Gasteiger partial charge in [0, 0.05) is 25.1 Å². The highest BCUT2D eigenvalue weighted by Gasteiger charge is 2.28. The molecule has 1 aliphatic rings. The number of nitro groups is 1. The molecule has 0 bridgehead atoms. The van der Waals surface area contributed by atoms with Gasteiger partial charge in [0.2, 0.25) is 5.91 Å². The maximum absolute atomic E-state index is 12.8. The molecule has 1 aliphatic heterocycles. The number of aromatic nitrogens is 3. The number of carbonyl (C=O) groups is 1. The van der Waals surface area contributed by atoms with Crippen LogP contribution in [0.2, 0.25) is 0 Å². The Morgan fingerprint density at radius 3 is 2.52 bits per heavy atom. The number of piperidine rings is 1. The number of para-hydroxylation sites is 2. The molecular weight excluding hydrogens is 396 g/mol. The van der Waals surface area contributed by atoms with Gasteiger partial charge in [0.15, 0.2) is 0 Å². The molecule has 4 rings (SSSR count). The Morgan fingerprint density at radius 2 is 1.87 bits per heavy atom. The number of amides is 1. The number of hydrogen-bond donors (Lipinski definition) is 1. The van der Waals surface area contributed by atoms with Gasteiger partial charge in [0.25, 0.3) is 5.69 Å². The fourth-order valence-electron chi connectivity index (χ4n) is 3.94. The molecular formula is C22H24N6O3. The lowest BCUT2D eigenvalue weighted by molar-refractivity contribution is -0.384. The van der Waals surface area contributed by atoms with Crippen LogP contribution in [-0.4, -0.2) is 38.7 Å². The van der Waals surface area contributed by atoms with Gasteiger partial charge in [-0.1, -0.05) is 24.3 Å². The van der Waals surface area contributed by atoms with Crippen molar-refractivity contribution in [1.82, 2.24) is 20.1 Å². The van der Waals surface area contributed by atoms with Gasteiger partial charge >= 0.3 is 0 Å². The van der Waals surface area contributed by atoms with Crippen LogP contribution < -0.4 is 10.2 Å². The second kappa shape index (κ2) is 8.95. The van der Waals surface area contributed by atoms with E-state index in [4.69, 9.17) is 0 Å². The Morgan fingerprint density at radius 1 is 1.16 bits per heavy atom. The van der Waals surface area contributed by atoms with Crippen molar-refractivity contribution < 1.29 is 9.72 Å². The molecule has 160 valence electrons. The summed E-state index contributed by atoms with van der Waals surface area (Å²) < 4.78 is 1.68. The van der Waals surface area contributed by atoms with E-state index in [9.17, 15) is 14.9 Å². The smallest absolute Gasteiger partial charge is 0.292 e. The second-order valence-electron chi connectivity index (χ2n) is 7.67. The summed E-state index contributed by atoms with van der Waals surface area (Å²) in [5.41, 5.74) is 2.64. The van der Waals surface area contributed by atoms with E-state index >= 15 is 0 Å². The van der Waals surface area contributed by atoms with Crippen molar-refractivity contribution in [1.29, 1.82) is 0 Å². The number of nitrogens with zero attached hydrogens (tertiary/aromatic N) is 5. The Bertz CT molecular complexity index is 1040. The molecule has 0 aliphatic carbocycles. The van der Waals surface area contributed by atoms with E-state index in [1.165, 1.54) is 12.4 Å². The minimum absolute atomic E-state index is 0.0232. The Kier molecular flexibility index (Phi) is 5.92. The van der Waals surface area contributed by atoms with Crippen LogP contribution in [0.5, 0.6) is 0 Å². The summed E-state index contributed by atoms with van der Waals surface area (Å²) in [6.07, 6.45) is 4.44. The average Bonchev–Trinajstić information content (AvgIpc) is 3.34. The lowest BCUT2D eigenvalue weighted by atomic mass is 9.94. The van der Waals surface area contributed by atoms with Crippen LogP contribution in [0.1, 0.15) is 31.4 Å². The van der Waals surface area contributed by atoms with E-state index in [1.807, 2.05) is 36.1 Å². The van der Waals surface area contributed by atoms with Crippen LogP contribution in [-0.2, 0) is 4.79 Å². The van der Waals surface area contributed by atoms with Crippen LogP contribution in [0.15, 0.2) is 61.2 Å². The first-order valence-electron chi connectivity index (χ1n) is 10.3. The molecule has 3 aromatic rings. The standard InChI is InChI=1S/C22H24N6O3/c1-16(17-6-8-19(9-7-17)27-15-23-14-24-27)25-22(29)18-10-12-26(13-11-18)20-4-2-3-5-21(20)28(30)31/h2-9,14-16,18H,10-13H2,1H3,(H,25,29). The first-order valence-corrected chi connectivity index (χ1v) is 10.3. The van der Waals surface area contributed by atoms with Crippen molar-refractivity contribution in [3.63, 3.8) is 0 Å². The predicted octanol–water partition coefficient (Wildman–Crippen LogP) is 3.27. The van der Waals surface area contributed by atoms with Crippen LogP contribution in [0.4, 0.5) is 11.4 Å². The third kappa shape index (κ3) is 4.55. The summed E-state index contributed by atoms with van der Waals surface area (Å²) >= 11 is 0. The summed E-state index contributed by atoms with van der Waals surface area (Å²) in [5.74, 6) is -0.0778. The monoisotopic (exact) mass is 420 g/mol. The van der Waals surface area contributed by atoms with Crippen molar-refractivity contribution >= 4 is 17.3 Å². The summed E-state index contributed by atoms with van der Waals surface area (Å²) in [6, 6.07) is 14.5. The van der Waals surface area contributed by atoms with Crippen molar-refractivity contribution in [3.05, 3.63) is 76.9 Å². The molecule has 2 aromatic carbocycles. The zero-order valence-electron chi connectivity index (χ0n) is 17.2. The molecule has 2 heterocycles. The normalized spacial score (nSPS) is 15.5. The Balaban J connectivity index is 1.33. The second-order valence-corrected chi connectivity index (χ2v) is 7.67. The fourth-order valence-corrected chi connectivity index (χ4v) is 3.94. The Labute approximate surface area is 179 Å².